The van der Waals surface area contributed by atoms with E-state index in [0.717, 1.165) is 24.1 Å². The zero-order valence-corrected chi connectivity index (χ0v) is 10.2. The number of benzene rings is 1. The standard InChI is InChI=1S/C14H16N2O/c1-14(2)11-9-10(5-3-4-8-15)6-7-12(11)16-13(14)17/h6-7,9H,3-5H2,1-2H3,(H,16,17). The van der Waals surface area contributed by atoms with E-state index in [4.69, 9.17) is 5.26 Å². The number of fused-ring (bicyclic) bond motifs is 1. The summed E-state index contributed by atoms with van der Waals surface area (Å²) in [6.07, 6.45) is 2.35. The van der Waals surface area contributed by atoms with Crippen LogP contribution in [-0.2, 0) is 16.6 Å². The molecular weight excluding hydrogens is 212 g/mol. The molecule has 0 saturated heterocycles. The fourth-order valence-electron chi connectivity index (χ4n) is 2.15. The molecule has 0 fully saturated rings. The van der Waals surface area contributed by atoms with Crippen LogP contribution in [0.2, 0.25) is 0 Å². The summed E-state index contributed by atoms with van der Waals surface area (Å²) in [5.41, 5.74) is 2.74. The topological polar surface area (TPSA) is 52.9 Å². The van der Waals surface area contributed by atoms with E-state index < -0.39 is 5.41 Å². The van der Waals surface area contributed by atoms with Crippen LogP contribution in [0.4, 0.5) is 5.69 Å². The normalized spacial score (nSPS) is 16.2. The quantitative estimate of drug-likeness (QED) is 0.809. The van der Waals surface area contributed by atoms with E-state index in [0.29, 0.717) is 6.42 Å². The third kappa shape index (κ3) is 2.03. The maximum atomic E-state index is 11.8. The third-order valence-corrected chi connectivity index (χ3v) is 3.33. The predicted octanol–water partition coefficient (Wildman–Crippen LogP) is 2.76. The molecule has 0 radical (unpaired) electrons. The second-order valence-electron chi connectivity index (χ2n) is 4.97. The number of nitrogens with one attached hydrogen (secondary N) is 1. The second kappa shape index (κ2) is 4.21. The van der Waals surface area contributed by atoms with Crippen molar-refractivity contribution < 1.29 is 4.79 Å². The van der Waals surface area contributed by atoms with Gasteiger partial charge in [0.2, 0.25) is 5.91 Å². The molecule has 0 aliphatic carbocycles. The summed E-state index contributed by atoms with van der Waals surface area (Å²) < 4.78 is 0. The Hall–Kier alpha value is -1.82. The zero-order valence-electron chi connectivity index (χ0n) is 10.2. The largest absolute Gasteiger partial charge is 0.325 e. The van der Waals surface area contributed by atoms with Crippen molar-refractivity contribution in [1.82, 2.24) is 0 Å². The molecule has 88 valence electrons. The van der Waals surface area contributed by atoms with E-state index in [2.05, 4.69) is 17.5 Å². The Morgan fingerprint density at radius 1 is 1.41 bits per heavy atom. The van der Waals surface area contributed by atoms with Crippen molar-refractivity contribution in [3.8, 4) is 6.07 Å². The van der Waals surface area contributed by atoms with Crippen LogP contribution in [0.3, 0.4) is 0 Å². The SMILES string of the molecule is CC1(C)C(=O)Nc2ccc(CCCC#N)cc21. The lowest BCUT2D eigenvalue weighted by Gasteiger charge is -2.15. The number of amides is 1. The number of aryl methyl sites for hydroxylation is 1. The Morgan fingerprint density at radius 2 is 2.18 bits per heavy atom. The molecule has 0 saturated carbocycles. The average molecular weight is 228 g/mol. The van der Waals surface area contributed by atoms with Gasteiger partial charge in [-0.1, -0.05) is 12.1 Å². The molecule has 1 aromatic rings. The van der Waals surface area contributed by atoms with Gasteiger partial charge in [0, 0.05) is 12.1 Å². The van der Waals surface area contributed by atoms with Gasteiger partial charge in [-0.25, -0.2) is 0 Å². The number of unbranched alkanes of at least 4 members (excludes halogenated alkanes) is 1. The first-order chi connectivity index (χ1) is 8.05. The van der Waals surface area contributed by atoms with Crippen LogP contribution < -0.4 is 5.32 Å². The third-order valence-electron chi connectivity index (χ3n) is 3.33. The lowest BCUT2D eigenvalue weighted by molar-refractivity contribution is -0.119. The summed E-state index contributed by atoms with van der Waals surface area (Å²) in [6.45, 7) is 3.88. The van der Waals surface area contributed by atoms with Gasteiger partial charge in [0.25, 0.3) is 0 Å². The van der Waals surface area contributed by atoms with Crippen LogP contribution in [0, 0.1) is 11.3 Å². The van der Waals surface area contributed by atoms with Gasteiger partial charge in [0.05, 0.1) is 11.5 Å². The highest BCUT2D eigenvalue weighted by molar-refractivity contribution is 6.05. The predicted molar refractivity (Wildman–Crippen MR) is 66.6 cm³/mol. The average Bonchev–Trinajstić information content (AvgIpc) is 2.51. The maximum absolute atomic E-state index is 11.8. The van der Waals surface area contributed by atoms with Crippen LogP contribution >= 0.6 is 0 Å². The molecule has 1 aliphatic heterocycles. The second-order valence-corrected chi connectivity index (χ2v) is 4.97. The molecule has 3 nitrogen and oxygen atoms in total. The summed E-state index contributed by atoms with van der Waals surface area (Å²) >= 11 is 0. The van der Waals surface area contributed by atoms with E-state index in [-0.39, 0.29) is 5.91 Å². The van der Waals surface area contributed by atoms with Crippen LogP contribution in [0.1, 0.15) is 37.8 Å². The molecule has 3 heteroatoms. The molecule has 2 rings (SSSR count). The summed E-state index contributed by atoms with van der Waals surface area (Å²) in [7, 11) is 0. The van der Waals surface area contributed by atoms with Crippen molar-refractivity contribution in [3.05, 3.63) is 29.3 Å². The van der Waals surface area contributed by atoms with Crippen LogP contribution in [0.5, 0.6) is 0 Å². The molecule has 1 aromatic carbocycles. The minimum atomic E-state index is -0.444. The number of nitriles is 1. The van der Waals surface area contributed by atoms with Crippen LogP contribution in [0.25, 0.3) is 0 Å². The van der Waals surface area contributed by atoms with Crippen molar-refractivity contribution in [3.63, 3.8) is 0 Å². The number of hydrogen-bond donors (Lipinski definition) is 1. The number of rotatable bonds is 3. The van der Waals surface area contributed by atoms with Gasteiger partial charge < -0.3 is 5.32 Å². The highest BCUT2D eigenvalue weighted by atomic mass is 16.2. The van der Waals surface area contributed by atoms with Crippen molar-refractivity contribution in [2.24, 2.45) is 0 Å². The number of nitrogens with zero attached hydrogens (tertiary/aromatic N) is 1. The minimum Gasteiger partial charge on any atom is -0.325 e. The van der Waals surface area contributed by atoms with Gasteiger partial charge in [-0.3, -0.25) is 4.79 Å². The van der Waals surface area contributed by atoms with Crippen molar-refractivity contribution in [1.29, 1.82) is 5.26 Å². The Bertz CT molecular complexity index is 497. The number of carbonyl (C=O) groups excluding carboxylic acids is 1. The molecule has 1 N–H and O–H groups in total. The molecule has 0 unspecified atom stereocenters. The summed E-state index contributed by atoms with van der Waals surface area (Å²) in [5, 5.41) is 11.4. The van der Waals surface area contributed by atoms with E-state index in [1.54, 1.807) is 0 Å². The van der Waals surface area contributed by atoms with Gasteiger partial charge in [0.15, 0.2) is 0 Å². The van der Waals surface area contributed by atoms with Crippen LogP contribution in [-0.4, -0.2) is 5.91 Å². The zero-order chi connectivity index (χ0) is 12.5. The minimum absolute atomic E-state index is 0.0571. The van der Waals surface area contributed by atoms with Gasteiger partial charge in [-0.15, -0.1) is 0 Å². The number of anilines is 1. The molecule has 17 heavy (non-hydrogen) atoms. The molecule has 1 amide bonds. The van der Waals surface area contributed by atoms with Gasteiger partial charge in [-0.2, -0.15) is 5.26 Å². The summed E-state index contributed by atoms with van der Waals surface area (Å²) in [6, 6.07) is 8.22. The van der Waals surface area contributed by atoms with Crippen molar-refractivity contribution in [2.75, 3.05) is 5.32 Å². The Balaban J connectivity index is 2.24. The first-order valence-electron chi connectivity index (χ1n) is 5.87. The first kappa shape index (κ1) is 11.7. The lowest BCUT2D eigenvalue weighted by Crippen LogP contribution is -2.26. The van der Waals surface area contributed by atoms with Gasteiger partial charge >= 0.3 is 0 Å². The fourth-order valence-corrected chi connectivity index (χ4v) is 2.15. The van der Waals surface area contributed by atoms with E-state index in [1.165, 1.54) is 5.56 Å². The number of carbonyl (C=O) groups is 1. The van der Waals surface area contributed by atoms with E-state index in [1.807, 2.05) is 26.0 Å². The highest BCUT2D eigenvalue weighted by Gasteiger charge is 2.38. The maximum Gasteiger partial charge on any atom is 0.234 e. The molecular formula is C14H16N2O. The first-order valence-corrected chi connectivity index (χ1v) is 5.87. The summed E-state index contributed by atoms with van der Waals surface area (Å²) in [5.74, 6) is 0.0571. The summed E-state index contributed by atoms with van der Waals surface area (Å²) in [4.78, 5) is 11.8. The van der Waals surface area contributed by atoms with Crippen molar-refractivity contribution in [2.45, 2.75) is 38.5 Å². The number of hydrogen-bond acceptors (Lipinski definition) is 2. The lowest BCUT2D eigenvalue weighted by atomic mass is 9.85. The molecule has 1 aliphatic rings. The van der Waals surface area contributed by atoms with Gasteiger partial charge in [-0.05, 0) is 43.9 Å². The Kier molecular flexibility index (Phi) is 2.89. The van der Waals surface area contributed by atoms with Crippen LogP contribution in [0.15, 0.2) is 18.2 Å². The fraction of sp³-hybridized carbons (Fsp3) is 0.429. The molecule has 1 heterocycles. The monoisotopic (exact) mass is 228 g/mol. The van der Waals surface area contributed by atoms with E-state index >= 15 is 0 Å². The van der Waals surface area contributed by atoms with E-state index in [9.17, 15) is 4.79 Å². The van der Waals surface area contributed by atoms with Gasteiger partial charge in [0.1, 0.15) is 0 Å². The van der Waals surface area contributed by atoms with Crippen molar-refractivity contribution >= 4 is 11.6 Å². The highest BCUT2D eigenvalue weighted by Crippen LogP contribution is 2.37. The molecule has 0 spiro atoms. The Labute approximate surface area is 101 Å². The Morgan fingerprint density at radius 3 is 2.88 bits per heavy atom. The molecule has 0 bridgehead atoms. The molecule has 0 aromatic heterocycles. The molecule has 0 atom stereocenters. The smallest absolute Gasteiger partial charge is 0.234 e.